The first-order valence-corrected chi connectivity index (χ1v) is 40.4. The summed E-state index contributed by atoms with van der Waals surface area (Å²) < 4.78 is 5.51. The number of amides is 1. The molecule has 0 heterocycles. The van der Waals surface area contributed by atoms with Gasteiger partial charge >= 0.3 is 5.97 Å². The van der Waals surface area contributed by atoms with Crippen LogP contribution in [0.3, 0.4) is 0 Å². The van der Waals surface area contributed by atoms with Crippen molar-refractivity contribution in [3.8, 4) is 0 Å². The number of ether oxygens (including phenoxy) is 1. The maximum atomic E-state index is 12.6. The number of hydrogen-bond donors (Lipinski definition) is 3. The lowest BCUT2D eigenvalue weighted by Gasteiger charge is -2.22. The SMILES string of the molecule is CCCCCCCCCCCCCCCCCCCCCCCCCC(O)C(CO)NC(=O)CCCCCCCCCCCCCCCC/C=C\CCCCCCCCCCCCCCOC(=O)CCCCCCCCCCCCCCCCCCC. The van der Waals surface area contributed by atoms with Crippen molar-refractivity contribution in [2.45, 2.75) is 482 Å². The van der Waals surface area contributed by atoms with Crippen LogP contribution in [0.2, 0.25) is 0 Å². The normalized spacial score (nSPS) is 12.5. The highest BCUT2D eigenvalue weighted by Crippen LogP contribution is 2.20. The molecule has 0 spiro atoms. The van der Waals surface area contributed by atoms with Crippen molar-refractivity contribution in [2.75, 3.05) is 13.2 Å². The molecule has 0 aromatic rings. The van der Waals surface area contributed by atoms with Crippen LogP contribution in [0.5, 0.6) is 0 Å². The van der Waals surface area contributed by atoms with E-state index in [4.69, 9.17) is 4.74 Å². The van der Waals surface area contributed by atoms with Crippen LogP contribution in [-0.2, 0) is 14.3 Å². The summed E-state index contributed by atoms with van der Waals surface area (Å²) in [7, 11) is 0. The van der Waals surface area contributed by atoms with E-state index in [9.17, 15) is 19.8 Å². The van der Waals surface area contributed by atoms with Gasteiger partial charge in [-0.1, -0.05) is 418 Å². The van der Waals surface area contributed by atoms with E-state index in [2.05, 4.69) is 31.3 Å². The fraction of sp³-hybridized carbons (Fsp3) is 0.951. The number of rotatable bonds is 77. The van der Waals surface area contributed by atoms with Crippen LogP contribution >= 0.6 is 0 Å². The molecule has 2 atom stereocenters. The smallest absolute Gasteiger partial charge is 0.305 e. The van der Waals surface area contributed by atoms with Crippen LogP contribution in [0.15, 0.2) is 12.2 Å². The molecule has 1 amide bonds. The molecular weight excluding hydrogens is 1070 g/mol. The summed E-state index contributed by atoms with van der Waals surface area (Å²) in [6.07, 6.45) is 97.3. The van der Waals surface area contributed by atoms with Gasteiger partial charge in [-0.2, -0.15) is 0 Å². The van der Waals surface area contributed by atoms with Crippen molar-refractivity contribution in [1.82, 2.24) is 5.32 Å². The van der Waals surface area contributed by atoms with Gasteiger partial charge in [0.1, 0.15) is 0 Å². The number of carbonyl (C=O) groups excluding carboxylic acids is 2. The summed E-state index contributed by atoms with van der Waals surface area (Å²) in [5.74, 6) is -0.00485. The van der Waals surface area contributed by atoms with Crippen LogP contribution in [-0.4, -0.2) is 47.4 Å². The van der Waals surface area contributed by atoms with Gasteiger partial charge in [0.2, 0.25) is 5.91 Å². The second kappa shape index (κ2) is 77.1. The number of nitrogens with one attached hydrogen (secondary N) is 1. The second-order valence-electron chi connectivity index (χ2n) is 28.1. The third-order valence-corrected chi connectivity index (χ3v) is 19.3. The molecule has 0 saturated heterocycles. The van der Waals surface area contributed by atoms with Crippen LogP contribution < -0.4 is 5.32 Å². The van der Waals surface area contributed by atoms with Gasteiger partial charge in [-0.25, -0.2) is 0 Å². The highest BCUT2D eigenvalue weighted by atomic mass is 16.5. The number of allylic oxidation sites excluding steroid dienone is 2. The standard InChI is InChI=1S/C81H159NO5/c1-3-5-7-9-11-13-15-17-19-21-22-23-32-35-38-42-45-49-53-57-61-65-69-73-79(84)78(77-83)82-80(85)74-70-66-62-58-54-50-46-43-39-36-33-30-28-26-24-25-27-29-31-34-37-40-44-48-52-56-60-64-68-72-76-87-81(86)75-71-67-63-59-55-51-47-41-20-18-16-14-12-10-8-6-4-2/h25,27,78-79,83-84H,3-24,26,28-77H2,1-2H3,(H,82,85)/b27-25-. The number of aliphatic hydroxyl groups excluding tert-OH is 2. The van der Waals surface area contributed by atoms with E-state index in [0.29, 0.717) is 25.9 Å². The molecule has 87 heavy (non-hydrogen) atoms. The Morgan fingerprint density at radius 1 is 0.310 bits per heavy atom. The van der Waals surface area contributed by atoms with Gasteiger partial charge in [0.25, 0.3) is 0 Å². The lowest BCUT2D eigenvalue weighted by molar-refractivity contribution is -0.143. The van der Waals surface area contributed by atoms with Crippen molar-refractivity contribution in [3.63, 3.8) is 0 Å². The zero-order chi connectivity index (χ0) is 62.8. The highest BCUT2D eigenvalue weighted by molar-refractivity contribution is 5.76. The third kappa shape index (κ3) is 73.5. The summed E-state index contributed by atoms with van der Waals surface area (Å²) in [6, 6.07) is -0.541. The molecular formula is C81H159NO5. The number of carbonyl (C=O) groups is 2. The maximum absolute atomic E-state index is 12.6. The zero-order valence-corrected chi connectivity index (χ0v) is 59.5. The van der Waals surface area contributed by atoms with Crippen molar-refractivity contribution < 1.29 is 24.5 Å². The molecule has 0 aromatic carbocycles. The highest BCUT2D eigenvalue weighted by Gasteiger charge is 2.20. The largest absolute Gasteiger partial charge is 0.466 e. The van der Waals surface area contributed by atoms with Crippen molar-refractivity contribution in [1.29, 1.82) is 0 Å². The van der Waals surface area contributed by atoms with Crippen LogP contribution in [0.4, 0.5) is 0 Å². The van der Waals surface area contributed by atoms with Crippen molar-refractivity contribution in [2.24, 2.45) is 0 Å². The average molecular weight is 1230 g/mol. The maximum Gasteiger partial charge on any atom is 0.305 e. The van der Waals surface area contributed by atoms with Gasteiger partial charge in [0.05, 0.1) is 25.4 Å². The van der Waals surface area contributed by atoms with E-state index in [0.717, 1.165) is 38.5 Å². The Hall–Kier alpha value is -1.40. The lowest BCUT2D eigenvalue weighted by Crippen LogP contribution is -2.45. The van der Waals surface area contributed by atoms with Gasteiger partial charge < -0.3 is 20.3 Å². The quantitative estimate of drug-likeness (QED) is 0.0320. The molecule has 0 aliphatic heterocycles. The van der Waals surface area contributed by atoms with E-state index in [-0.39, 0.29) is 18.5 Å². The van der Waals surface area contributed by atoms with E-state index in [1.54, 1.807) is 0 Å². The predicted molar refractivity (Wildman–Crippen MR) is 384 cm³/mol. The van der Waals surface area contributed by atoms with E-state index in [1.807, 2.05) is 0 Å². The summed E-state index contributed by atoms with van der Waals surface area (Å²) >= 11 is 0. The number of hydrogen-bond acceptors (Lipinski definition) is 5. The van der Waals surface area contributed by atoms with Crippen LogP contribution in [0.1, 0.15) is 470 Å². The van der Waals surface area contributed by atoms with E-state index >= 15 is 0 Å². The minimum Gasteiger partial charge on any atom is -0.466 e. The molecule has 0 aliphatic rings. The molecule has 0 radical (unpaired) electrons. The molecule has 0 aromatic heterocycles. The first kappa shape index (κ1) is 85.6. The van der Waals surface area contributed by atoms with Gasteiger partial charge in [-0.3, -0.25) is 9.59 Å². The first-order chi connectivity index (χ1) is 43.0. The van der Waals surface area contributed by atoms with Crippen LogP contribution in [0, 0.1) is 0 Å². The number of unbranched alkanes of at least 4 members (excludes halogenated alkanes) is 64. The summed E-state index contributed by atoms with van der Waals surface area (Å²) in [5.41, 5.74) is 0. The Labute approximate surface area is 546 Å². The van der Waals surface area contributed by atoms with Crippen molar-refractivity contribution >= 4 is 11.9 Å². The summed E-state index contributed by atoms with van der Waals surface area (Å²) in [5, 5.41) is 23.5. The number of esters is 1. The Balaban J connectivity index is 3.35. The molecule has 0 saturated carbocycles. The van der Waals surface area contributed by atoms with Crippen molar-refractivity contribution in [3.05, 3.63) is 12.2 Å². The molecule has 0 bridgehead atoms. The minimum absolute atomic E-state index is 0.0225. The Bertz CT molecular complexity index is 1320. The predicted octanol–water partition coefficient (Wildman–Crippen LogP) is 26.7. The molecule has 0 fully saturated rings. The van der Waals surface area contributed by atoms with E-state index in [1.165, 1.54) is 398 Å². The Morgan fingerprint density at radius 3 is 0.816 bits per heavy atom. The van der Waals surface area contributed by atoms with Gasteiger partial charge in [-0.15, -0.1) is 0 Å². The topological polar surface area (TPSA) is 95.9 Å². The average Bonchev–Trinajstić information content (AvgIpc) is 3.58. The van der Waals surface area contributed by atoms with E-state index < -0.39 is 12.1 Å². The summed E-state index contributed by atoms with van der Waals surface area (Å²) in [4.78, 5) is 24.7. The Kier molecular flexibility index (Phi) is 75.8. The first-order valence-electron chi connectivity index (χ1n) is 40.4. The monoisotopic (exact) mass is 1230 g/mol. The molecule has 3 N–H and O–H groups in total. The molecule has 2 unspecified atom stereocenters. The van der Waals surface area contributed by atoms with Gasteiger partial charge in [0, 0.05) is 12.8 Å². The zero-order valence-electron chi connectivity index (χ0n) is 59.5. The van der Waals surface area contributed by atoms with Gasteiger partial charge in [0.15, 0.2) is 0 Å². The second-order valence-corrected chi connectivity index (χ2v) is 28.1. The summed E-state index contributed by atoms with van der Waals surface area (Å²) in [6.45, 7) is 5.02. The molecule has 518 valence electrons. The fourth-order valence-corrected chi connectivity index (χ4v) is 13.2. The lowest BCUT2D eigenvalue weighted by atomic mass is 10.0. The minimum atomic E-state index is -0.664. The Morgan fingerprint density at radius 2 is 0.540 bits per heavy atom. The molecule has 6 nitrogen and oxygen atoms in total. The fourth-order valence-electron chi connectivity index (χ4n) is 13.2. The van der Waals surface area contributed by atoms with Gasteiger partial charge in [-0.05, 0) is 51.4 Å². The molecule has 0 aliphatic carbocycles. The molecule has 6 heteroatoms. The third-order valence-electron chi connectivity index (χ3n) is 19.3. The molecule has 0 rings (SSSR count). The van der Waals surface area contributed by atoms with Crippen LogP contribution in [0.25, 0.3) is 0 Å². The number of aliphatic hydroxyl groups is 2.